The number of nitrogens with zero attached hydrogens (tertiary/aromatic N) is 3. The lowest BCUT2D eigenvalue weighted by molar-refractivity contribution is 0.0699. The third-order valence-electron chi connectivity index (χ3n) is 3.36. The van der Waals surface area contributed by atoms with E-state index in [0.717, 1.165) is 22.4 Å². The van der Waals surface area contributed by atoms with E-state index in [4.69, 9.17) is 22.7 Å². The van der Waals surface area contributed by atoms with Gasteiger partial charge in [0.05, 0.1) is 17.5 Å². The SMILES string of the molecule is N=C(c1cnc2c(n1)c(C(=O)O)cn2SF)c1c(N)cc(Cl)cc1F. The molecule has 2 heterocycles. The fraction of sp³-hybridized carbons (Fsp3) is 0. The highest BCUT2D eigenvalue weighted by Gasteiger charge is 2.21. The first kappa shape index (κ1) is 17.1. The summed E-state index contributed by atoms with van der Waals surface area (Å²) in [6.45, 7) is 0. The van der Waals surface area contributed by atoms with Gasteiger partial charge in [0.2, 0.25) is 0 Å². The number of hydrogen-bond donors (Lipinski definition) is 3. The third kappa shape index (κ3) is 2.89. The van der Waals surface area contributed by atoms with Gasteiger partial charge in [0.1, 0.15) is 22.6 Å². The van der Waals surface area contributed by atoms with E-state index < -0.39 is 17.5 Å². The molecule has 11 heteroatoms. The summed E-state index contributed by atoms with van der Waals surface area (Å²) in [5.74, 6) is -2.17. The number of nitrogen functional groups attached to an aromatic ring is 1. The smallest absolute Gasteiger partial charge is 0.339 e. The first-order valence-electron chi connectivity index (χ1n) is 6.57. The standard InChI is InChI=1S/C14H8ClF2N5O2S/c15-5-1-7(16)10(8(18)2-5)11(19)9-3-20-13-12(21-9)6(14(23)24)4-22(13)25-17/h1-4,19H,18H2,(H,23,24). The van der Waals surface area contributed by atoms with Gasteiger partial charge >= 0.3 is 5.97 Å². The van der Waals surface area contributed by atoms with Crippen LogP contribution in [-0.2, 0) is 0 Å². The van der Waals surface area contributed by atoms with E-state index in [-0.39, 0.29) is 51.0 Å². The maximum absolute atomic E-state index is 14.1. The van der Waals surface area contributed by atoms with Gasteiger partial charge in [-0.25, -0.2) is 23.1 Å². The van der Waals surface area contributed by atoms with Gasteiger partial charge in [0.25, 0.3) is 0 Å². The lowest BCUT2D eigenvalue weighted by Gasteiger charge is -2.09. The number of halogens is 3. The molecular weight excluding hydrogens is 376 g/mol. The zero-order valence-corrected chi connectivity index (χ0v) is 13.7. The van der Waals surface area contributed by atoms with Crippen molar-refractivity contribution in [1.82, 2.24) is 13.9 Å². The van der Waals surface area contributed by atoms with E-state index in [9.17, 15) is 18.2 Å². The molecule has 3 aromatic rings. The number of fused-ring (bicyclic) bond motifs is 1. The number of rotatable bonds is 4. The molecule has 0 spiro atoms. The highest BCUT2D eigenvalue weighted by atomic mass is 35.5. The predicted molar refractivity (Wildman–Crippen MR) is 90.3 cm³/mol. The van der Waals surface area contributed by atoms with E-state index in [1.54, 1.807) is 0 Å². The molecule has 2 aromatic heterocycles. The minimum Gasteiger partial charge on any atom is -0.478 e. The first-order valence-corrected chi connectivity index (χ1v) is 7.63. The molecular formula is C14H8ClF2N5O2S. The quantitative estimate of drug-likeness (QED) is 0.470. The molecule has 0 aliphatic carbocycles. The minimum atomic E-state index is -1.34. The fourth-order valence-corrected chi connectivity index (χ4v) is 2.84. The van der Waals surface area contributed by atoms with Gasteiger partial charge in [-0.2, -0.15) is 0 Å². The molecule has 25 heavy (non-hydrogen) atoms. The number of carboxylic acid groups (broad SMARTS) is 1. The minimum absolute atomic E-state index is 0.0361. The molecule has 128 valence electrons. The van der Waals surface area contributed by atoms with E-state index in [0.29, 0.717) is 0 Å². The Kier molecular flexibility index (Phi) is 4.31. The van der Waals surface area contributed by atoms with Gasteiger partial charge in [0, 0.05) is 16.9 Å². The summed E-state index contributed by atoms with van der Waals surface area (Å²) in [7, 11) is 0. The Bertz CT molecular complexity index is 1020. The molecule has 0 bridgehead atoms. The average molecular weight is 384 g/mol. The van der Waals surface area contributed by atoms with Crippen LogP contribution in [0.15, 0.2) is 24.5 Å². The number of aromatic nitrogens is 3. The molecule has 3 rings (SSSR count). The molecule has 0 atom stereocenters. The van der Waals surface area contributed by atoms with Crippen LogP contribution in [0.5, 0.6) is 0 Å². The van der Waals surface area contributed by atoms with Crippen LogP contribution < -0.4 is 5.73 Å². The second-order valence-corrected chi connectivity index (χ2v) is 5.86. The van der Waals surface area contributed by atoms with Crippen LogP contribution in [0.25, 0.3) is 11.2 Å². The van der Waals surface area contributed by atoms with E-state index >= 15 is 0 Å². The van der Waals surface area contributed by atoms with Crippen LogP contribution >= 0.6 is 23.9 Å². The van der Waals surface area contributed by atoms with Gasteiger partial charge in [0.15, 0.2) is 18.0 Å². The molecule has 4 N–H and O–H groups in total. The van der Waals surface area contributed by atoms with Crippen molar-refractivity contribution in [1.29, 1.82) is 5.41 Å². The zero-order chi connectivity index (χ0) is 18.3. The molecule has 0 fully saturated rings. The van der Waals surface area contributed by atoms with Crippen molar-refractivity contribution in [3.63, 3.8) is 0 Å². The van der Waals surface area contributed by atoms with Crippen molar-refractivity contribution in [3.8, 4) is 0 Å². The molecule has 1 aromatic carbocycles. The number of carboxylic acids is 1. The fourth-order valence-electron chi connectivity index (χ4n) is 2.28. The van der Waals surface area contributed by atoms with Crippen LogP contribution in [0.4, 0.5) is 14.0 Å². The van der Waals surface area contributed by atoms with E-state index in [1.807, 2.05) is 0 Å². The largest absolute Gasteiger partial charge is 0.478 e. The van der Waals surface area contributed by atoms with Crippen molar-refractivity contribution in [2.45, 2.75) is 0 Å². The lowest BCUT2D eigenvalue weighted by Crippen LogP contribution is -2.11. The summed E-state index contributed by atoms with van der Waals surface area (Å²) in [5.41, 5.74) is 4.40. The van der Waals surface area contributed by atoms with Crippen LogP contribution in [0.2, 0.25) is 5.02 Å². The van der Waals surface area contributed by atoms with Crippen LogP contribution in [0, 0.1) is 11.2 Å². The Balaban J connectivity index is 2.18. The molecule has 0 radical (unpaired) electrons. The number of nitrogens with one attached hydrogen (secondary N) is 1. The number of hydrogen-bond acceptors (Lipinski definition) is 6. The Labute approximate surface area is 148 Å². The van der Waals surface area contributed by atoms with Gasteiger partial charge in [-0.1, -0.05) is 11.6 Å². The Morgan fingerprint density at radius 2 is 2.16 bits per heavy atom. The van der Waals surface area contributed by atoms with Crippen molar-refractivity contribution in [2.24, 2.45) is 0 Å². The summed E-state index contributed by atoms with van der Waals surface area (Å²) < 4.78 is 27.9. The Morgan fingerprint density at radius 3 is 2.76 bits per heavy atom. The highest BCUT2D eigenvalue weighted by molar-refractivity contribution is 7.92. The van der Waals surface area contributed by atoms with Crippen LogP contribution in [0.3, 0.4) is 0 Å². The molecule has 0 saturated carbocycles. The summed E-state index contributed by atoms with van der Waals surface area (Å²) in [4.78, 5) is 19.2. The van der Waals surface area contributed by atoms with Crippen molar-refractivity contribution in [3.05, 3.63) is 52.2 Å². The Morgan fingerprint density at radius 1 is 1.44 bits per heavy atom. The van der Waals surface area contributed by atoms with Gasteiger partial charge in [-0.3, -0.25) is 5.41 Å². The zero-order valence-electron chi connectivity index (χ0n) is 12.1. The van der Waals surface area contributed by atoms with Gasteiger partial charge in [-0.05, 0) is 12.1 Å². The third-order valence-corrected chi connectivity index (χ3v) is 4.01. The van der Waals surface area contributed by atoms with Crippen molar-refractivity contribution in [2.75, 3.05) is 5.73 Å². The summed E-state index contributed by atoms with van der Waals surface area (Å²) in [5, 5.41) is 17.4. The molecule has 0 amide bonds. The summed E-state index contributed by atoms with van der Waals surface area (Å²) >= 11 is 5.46. The van der Waals surface area contributed by atoms with Crippen LogP contribution in [-0.4, -0.2) is 30.7 Å². The maximum atomic E-state index is 14.1. The average Bonchev–Trinajstić information content (AvgIpc) is 2.91. The first-order chi connectivity index (χ1) is 11.8. The maximum Gasteiger partial charge on any atom is 0.339 e. The molecule has 0 unspecified atom stereocenters. The normalized spacial score (nSPS) is 11.0. The molecule has 0 aliphatic rings. The summed E-state index contributed by atoms with van der Waals surface area (Å²) in [6, 6.07) is 2.27. The van der Waals surface area contributed by atoms with Crippen molar-refractivity contribution >= 4 is 52.5 Å². The summed E-state index contributed by atoms with van der Waals surface area (Å²) in [6.07, 6.45) is 2.12. The molecule has 0 aliphatic heterocycles. The number of aromatic carboxylic acids is 1. The highest BCUT2D eigenvalue weighted by Crippen LogP contribution is 2.26. The Hall–Kier alpha value is -2.72. The number of nitrogens with two attached hydrogens (primary N) is 1. The number of benzene rings is 1. The van der Waals surface area contributed by atoms with Crippen LogP contribution in [0.1, 0.15) is 21.6 Å². The van der Waals surface area contributed by atoms with E-state index in [2.05, 4.69) is 9.97 Å². The van der Waals surface area contributed by atoms with Gasteiger partial charge < -0.3 is 10.8 Å². The van der Waals surface area contributed by atoms with Gasteiger partial charge in [-0.15, -0.1) is 3.89 Å². The predicted octanol–water partition coefficient (Wildman–Crippen LogP) is 3.30. The number of anilines is 1. The number of carbonyl (C=O) groups is 1. The topological polar surface area (TPSA) is 118 Å². The monoisotopic (exact) mass is 383 g/mol. The molecule has 0 saturated heterocycles. The van der Waals surface area contributed by atoms with E-state index in [1.165, 1.54) is 6.07 Å². The second-order valence-electron chi connectivity index (χ2n) is 4.90. The van der Waals surface area contributed by atoms with Crippen molar-refractivity contribution < 1.29 is 18.2 Å². The lowest BCUT2D eigenvalue weighted by atomic mass is 10.0. The second kappa shape index (κ2) is 6.30. The molecule has 7 nitrogen and oxygen atoms in total.